The summed E-state index contributed by atoms with van der Waals surface area (Å²) in [6.07, 6.45) is 3.18. The molecule has 0 spiro atoms. The Bertz CT molecular complexity index is 1090. The Labute approximate surface area is 205 Å². The Morgan fingerprint density at radius 3 is 2.31 bits per heavy atom. The van der Waals surface area contributed by atoms with Gasteiger partial charge >= 0.3 is 5.97 Å². The molecule has 1 amide bonds. The van der Waals surface area contributed by atoms with E-state index in [9.17, 15) is 9.59 Å². The lowest BCUT2D eigenvalue weighted by atomic mass is 10.2. The van der Waals surface area contributed by atoms with Crippen LogP contribution in [0.15, 0.2) is 73.1 Å². The van der Waals surface area contributed by atoms with Crippen molar-refractivity contribution in [2.45, 2.75) is 6.54 Å². The standard InChI is InChI=1S/C26H30N6O3/c1-30(26-27-12-5-13-28-26)19-25(34)35-20-24(33)29-22-8-10-23(11-9-22)32-16-14-31(15-17-32)18-21-6-3-2-4-7-21/h2-13H,14-20H2,1H3,(H,29,33). The number of esters is 1. The largest absolute Gasteiger partial charge is 0.454 e. The van der Waals surface area contributed by atoms with E-state index < -0.39 is 5.97 Å². The number of benzene rings is 2. The van der Waals surface area contributed by atoms with Gasteiger partial charge in [-0.1, -0.05) is 30.3 Å². The number of nitrogens with one attached hydrogen (secondary N) is 1. The minimum atomic E-state index is -0.531. The topological polar surface area (TPSA) is 90.9 Å². The number of anilines is 3. The van der Waals surface area contributed by atoms with Crippen LogP contribution in [-0.4, -0.2) is 73.1 Å². The smallest absolute Gasteiger partial charge is 0.326 e. The SMILES string of the molecule is CN(CC(=O)OCC(=O)Nc1ccc(N2CCN(Cc3ccccc3)CC2)cc1)c1ncccn1. The first-order valence-corrected chi connectivity index (χ1v) is 11.6. The van der Waals surface area contributed by atoms with E-state index in [1.54, 1.807) is 30.4 Å². The normalized spacial score (nSPS) is 13.8. The van der Waals surface area contributed by atoms with Crippen molar-refractivity contribution in [2.75, 3.05) is 61.5 Å². The number of nitrogens with zero attached hydrogens (tertiary/aromatic N) is 5. The number of ether oxygens (including phenoxy) is 1. The van der Waals surface area contributed by atoms with Gasteiger partial charge in [0.25, 0.3) is 5.91 Å². The molecule has 1 N–H and O–H groups in total. The fourth-order valence-electron chi connectivity index (χ4n) is 3.90. The van der Waals surface area contributed by atoms with Gasteiger partial charge in [0.15, 0.2) is 6.61 Å². The predicted molar refractivity (Wildman–Crippen MR) is 135 cm³/mol. The number of carbonyl (C=O) groups excluding carboxylic acids is 2. The summed E-state index contributed by atoms with van der Waals surface area (Å²) in [6.45, 7) is 4.49. The molecule has 2 aromatic carbocycles. The number of likely N-dealkylation sites (N-methyl/N-ethyl adjacent to an activating group) is 1. The van der Waals surface area contributed by atoms with Crippen LogP contribution in [0, 0.1) is 0 Å². The molecule has 9 heteroatoms. The van der Waals surface area contributed by atoms with Crippen molar-refractivity contribution in [1.82, 2.24) is 14.9 Å². The quantitative estimate of drug-likeness (QED) is 0.473. The van der Waals surface area contributed by atoms with Crippen LogP contribution < -0.4 is 15.1 Å². The Hall–Kier alpha value is -3.98. The molecular weight excluding hydrogens is 444 g/mol. The molecule has 4 rings (SSSR count). The lowest BCUT2D eigenvalue weighted by molar-refractivity contribution is -0.145. The second kappa shape index (κ2) is 11.9. The number of carbonyl (C=O) groups is 2. The van der Waals surface area contributed by atoms with E-state index in [4.69, 9.17) is 4.74 Å². The van der Waals surface area contributed by atoms with E-state index in [1.165, 1.54) is 5.56 Å². The molecule has 0 saturated carbocycles. The minimum absolute atomic E-state index is 0.0510. The fourth-order valence-corrected chi connectivity index (χ4v) is 3.90. The molecular formula is C26H30N6O3. The van der Waals surface area contributed by atoms with E-state index in [0.29, 0.717) is 11.6 Å². The van der Waals surface area contributed by atoms with Gasteiger partial charge in [0, 0.05) is 63.5 Å². The van der Waals surface area contributed by atoms with Gasteiger partial charge in [0.05, 0.1) is 0 Å². The van der Waals surface area contributed by atoms with Gasteiger partial charge in [-0.3, -0.25) is 14.5 Å². The molecule has 2 heterocycles. The van der Waals surface area contributed by atoms with E-state index >= 15 is 0 Å². The molecule has 1 saturated heterocycles. The molecule has 1 aliphatic rings. The maximum absolute atomic E-state index is 12.2. The summed E-state index contributed by atoms with van der Waals surface area (Å²) in [5, 5.41) is 2.77. The van der Waals surface area contributed by atoms with Crippen molar-refractivity contribution >= 4 is 29.2 Å². The van der Waals surface area contributed by atoms with Gasteiger partial charge in [-0.15, -0.1) is 0 Å². The molecule has 0 atom stereocenters. The van der Waals surface area contributed by atoms with Crippen molar-refractivity contribution in [3.8, 4) is 0 Å². The zero-order valence-corrected chi connectivity index (χ0v) is 19.8. The zero-order chi connectivity index (χ0) is 24.5. The summed E-state index contributed by atoms with van der Waals surface area (Å²) in [5.74, 6) is -0.511. The van der Waals surface area contributed by atoms with Crippen LogP contribution in [0.4, 0.5) is 17.3 Å². The highest BCUT2D eigenvalue weighted by Gasteiger charge is 2.17. The highest BCUT2D eigenvalue weighted by Crippen LogP contribution is 2.20. The molecule has 3 aromatic rings. The number of hydrogen-bond donors (Lipinski definition) is 1. The van der Waals surface area contributed by atoms with Gasteiger partial charge in [0.2, 0.25) is 5.95 Å². The molecule has 35 heavy (non-hydrogen) atoms. The Morgan fingerprint density at radius 2 is 1.63 bits per heavy atom. The third-order valence-corrected chi connectivity index (χ3v) is 5.76. The summed E-state index contributed by atoms with van der Waals surface area (Å²) >= 11 is 0. The molecule has 0 bridgehead atoms. The highest BCUT2D eigenvalue weighted by atomic mass is 16.5. The van der Waals surface area contributed by atoms with E-state index in [-0.39, 0.29) is 19.1 Å². The molecule has 0 unspecified atom stereocenters. The maximum Gasteiger partial charge on any atom is 0.326 e. The van der Waals surface area contributed by atoms with Crippen molar-refractivity contribution in [2.24, 2.45) is 0 Å². The first kappa shape index (κ1) is 24.2. The van der Waals surface area contributed by atoms with Crippen molar-refractivity contribution in [3.05, 3.63) is 78.6 Å². The summed E-state index contributed by atoms with van der Waals surface area (Å²) in [7, 11) is 1.68. The van der Waals surface area contributed by atoms with Gasteiger partial charge in [0.1, 0.15) is 6.54 Å². The molecule has 9 nitrogen and oxygen atoms in total. The number of amides is 1. The van der Waals surface area contributed by atoms with Crippen LogP contribution >= 0.6 is 0 Å². The van der Waals surface area contributed by atoms with Crippen LogP contribution in [0.5, 0.6) is 0 Å². The van der Waals surface area contributed by atoms with Gasteiger partial charge in [-0.25, -0.2) is 9.97 Å². The average Bonchev–Trinajstić information content (AvgIpc) is 2.89. The van der Waals surface area contributed by atoms with Crippen LogP contribution in [0.25, 0.3) is 0 Å². The van der Waals surface area contributed by atoms with Crippen molar-refractivity contribution in [1.29, 1.82) is 0 Å². The molecule has 182 valence electrons. The Balaban J connectivity index is 1.18. The predicted octanol–water partition coefficient (Wildman–Crippen LogP) is 2.42. The fraction of sp³-hybridized carbons (Fsp3) is 0.308. The number of piperazine rings is 1. The summed E-state index contributed by atoms with van der Waals surface area (Å²) < 4.78 is 5.08. The van der Waals surface area contributed by atoms with Crippen LogP contribution in [0.3, 0.4) is 0 Å². The average molecular weight is 475 g/mol. The summed E-state index contributed by atoms with van der Waals surface area (Å²) in [5.41, 5.74) is 3.12. The summed E-state index contributed by atoms with van der Waals surface area (Å²) in [6, 6.07) is 20.0. The van der Waals surface area contributed by atoms with Crippen molar-refractivity contribution in [3.63, 3.8) is 0 Å². The number of aromatic nitrogens is 2. The Morgan fingerprint density at radius 1 is 0.943 bits per heavy atom. The lowest BCUT2D eigenvalue weighted by Crippen LogP contribution is -2.45. The summed E-state index contributed by atoms with van der Waals surface area (Å²) in [4.78, 5) is 38.7. The second-order valence-corrected chi connectivity index (χ2v) is 8.41. The van der Waals surface area contributed by atoms with E-state index in [1.807, 2.05) is 30.3 Å². The molecule has 0 aliphatic carbocycles. The Kier molecular flexibility index (Phi) is 8.24. The maximum atomic E-state index is 12.2. The number of hydrogen-bond acceptors (Lipinski definition) is 8. The second-order valence-electron chi connectivity index (χ2n) is 8.41. The van der Waals surface area contributed by atoms with Crippen molar-refractivity contribution < 1.29 is 14.3 Å². The third-order valence-electron chi connectivity index (χ3n) is 5.76. The van der Waals surface area contributed by atoms with Gasteiger partial charge < -0.3 is 19.9 Å². The third kappa shape index (κ3) is 7.25. The van der Waals surface area contributed by atoms with E-state index in [2.05, 4.69) is 49.4 Å². The first-order valence-electron chi connectivity index (χ1n) is 11.6. The minimum Gasteiger partial charge on any atom is -0.454 e. The number of rotatable bonds is 9. The zero-order valence-electron chi connectivity index (χ0n) is 19.8. The molecule has 1 aliphatic heterocycles. The first-order chi connectivity index (χ1) is 17.1. The van der Waals surface area contributed by atoms with Crippen LogP contribution in [-0.2, 0) is 20.9 Å². The van der Waals surface area contributed by atoms with E-state index in [0.717, 1.165) is 38.4 Å². The van der Waals surface area contributed by atoms with Crippen LogP contribution in [0.2, 0.25) is 0 Å². The monoisotopic (exact) mass is 474 g/mol. The highest BCUT2D eigenvalue weighted by molar-refractivity contribution is 5.93. The van der Waals surface area contributed by atoms with Crippen LogP contribution in [0.1, 0.15) is 5.56 Å². The molecule has 0 radical (unpaired) electrons. The molecule has 1 fully saturated rings. The molecule has 1 aromatic heterocycles. The van der Waals surface area contributed by atoms with Gasteiger partial charge in [-0.05, 0) is 35.9 Å². The van der Waals surface area contributed by atoms with Gasteiger partial charge in [-0.2, -0.15) is 0 Å². The lowest BCUT2D eigenvalue weighted by Gasteiger charge is -2.36.